The van der Waals surface area contributed by atoms with Crippen molar-refractivity contribution < 1.29 is 0 Å². The molecule has 0 saturated carbocycles. The highest BCUT2D eigenvalue weighted by Crippen LogP contribution is 2.61. The van der Waals surface area contributed by atoms with Crippen LogP contribution in [-0.4, -0.2) is 9.55 Å². The first-order valence-electron chi connectivity index (χ1n) is 15.2. The van der Waals surface area contributed by atoms with Crippen LogP contribution in [0.1, 0.15) is 22.3 Å². The molecule has 3 heterocycles. The lowest BCUT2D eigenvalue weighted by Gasteiger charge is -2.39. The van der Waals surface area contributed by atoms with Gasteiger partial charge in [-0.2, -0.15) is 0 Å². The third-order valence-corrected chi connectivity index (χ3v) is 9.85. The van der Waals surface area contributed by atoms with E-state index in [1.165, 1.54) is 72.0 Å². The molecule has 2 aromatic heterocycles. The van der Waals surface area contributed by atoms with Crippen molar-refractivity contribution in [1.29, 1.82) is 0 Å². The minimum atomic E-state index is -0.416. The summed E-state index contributed by atoms with van der Waals surface area (Å²) in [7, 11) is 0. The van der Waals surface area contributed by atoms with Crippen molar-refractivity contribution >= 4 is 21.8 Å². The average Bonchev–Trinajstić information content (AvgIpc) is 3.59. The second kappa shape index (κ2) is 8.65. The maximum absolute atomic E-state index is 4.62. The summed E-state index contributed by atoms with van der Waals surface area (Å²) in [5.74, 6) is 0. The molecule has 0 bridgehead atoms. The van der Waals surface area contributed by atoms with Crippen LogP contribution in [0.2, 0.25) is 0 Å². The van der Waals surface area contributed by atoms with E-state index >= 15 is 0 Å². The summed E-state index contributed by atoms with van der Waals surface area (Å²) in [5.41, 5.74) is 15.9. The Bertz CT molecular complexity index is 2400. The Kier molecular flexibility index (Phi) is 4.68. The van der Waals surface area contributed by atoms with Crippen molar-refractivity contribution in [1.82, 2.24) is 9.55 Å². The quantitative estimate of drug-likeness (QED) is 0.206. The molecule has 0 amide bonds. The van der Waals surface area contributed by atoms with E-state index < -0.39 is 5.41 Å². The molecular weight excluding hydrogens is 532 g/mol. The number of aromatic nitrogens is 2. The van der Waals surface area contributed by atoms with Gasteiger partial charge in [-0.05, 0) is 74.8 Å². The Balaban J connectivity index is 1.34. The molecule has 204 valence electrons. The third-order valence-electron chi connectivity index (χ3n) is 9.85. The van der Waals surface area contributed by atoms with Crippen LogP contribution < -0.4 is 0 Å². The average molecular weight is 559 g/mol. The number of para-hydroxylation sites is 2. The van der Waals surface area contributed by atoms with Crippen LogP contribution in [0.25, 0.3) is 61.0 Å². The van der Waals surface area contributed by atoms with E-state index in [0.29, 0.717) is 0 Å². The summed E-state index contributed by atoms with van der Waals surface area (Å²) >= 11 is 0. The standard InChI is InChI=1S/C42H26N2/c1-4-17-34-30(13-1)31-14-2-5-18-35(31)42(34)36-23-22-28(27-11-9-12-29(25-27)38-20-7-8-24-43-38)26-40(36)44-39-21-6-3-15-32(39)33-16-10-19-37(42)41(33)44/h1-26H. The largest absolute Gasteiger partial charge is 0.309 e. The summed E-state index contributed by atoms with van der Waals surface area (Å²) in [5, 5.41) is 2.59. The van der Waals surface area contributed by atoms with Gasteiger partial charge in [-0.15, -0.1) is 0 Å². The highest BCUT2D eigenvalue weighted by molar-refractivity contribution is 6.13. The van der Waals surface area contributed by atoms with Gasteiger partial charge >= 0.3 is 0 Å². The van der Waals surface area contributed by atoms with Crippen LogP contribution in [0, 0.1) is 0 Å². The first-order chi connectivity index (χ1) is 21.8. The van der Waals surface area contributed by atoms with Gasteiger partial charge in [0.2, 0.25) is 0 Å². The van der Waals surface area contributed by atoms with E-state index in [4.69, 9.17) is 0 Å². The predicted molar refractivity (Wildman–Crippen MR) is 180 cm³/mol. The molecular formula is C42H26N2. The minimum Gasteiger partial charge on any atom is -0.309 e. The van der Waals surface area contributed by atoms with Crippen molar-refractivity contribution in [3.05, 3.63) is 180 Å². The Labute approximate surface area is 255 Å². The Morgan fingerprint density at radius 1 is 0.455 bits per heavy atom. The summed E-state index contributed by atoms with van der Waals surface area (Å²) in [6.07, 6.45) is 1.86. The first kappa shape index (κ1) is 23.8. The van der Waals surface area contributed by atoms with E-state index in [9.17, 15) is 0 Å². The van der Waals surface area contributed by atoms with Crippen LogP contribution >= 0.6 is 0 Å². The smallest absolute Gasteiger partial charge is 0.0754 e. The molecule has 10 rings (SSSR count). The van der Waals surface area contributed by atoms with Gasteiger partial charge in [-0.25, -0.2) is 0 Å². The van der Waals surface area contributed by atoms with Gasteiger partial charge in [-0.3, -0.25) is 4.98 Å². The van der Waals surface area contributed by atoms with E-state index in [2.05, 4.69) is 149 Å². The molecule has 2 heteroatoms. The number of hydrogen-bond acceptors (Lipinski definition) is 1. The van der Waals surface area contributed by atoms with Gasteiger partial charge in [0.15, 0.2) is 0 Å². The molecule has 44 heavy (non-hydrogen) atoms. The van der Waals surface area contributed by atoms with Crippen molar-refractivity contribution in [3.63, 3.8) is 0 Å². The fraction of sp³-hybridized carbons (Fsp3) is 0.0238. The summed E-state index contributed by atoms with van der Waals surface area (Å²) in [6, 6.07) is 55.8. The van der Waals surface area contributed by atoms with Crippen LogP contribution in [0.5, 0.6) is 0 Å². The predicted octanol–water partition coefficient (Wildman–Crippen LogP) is 10.2. The molecule has 6 aromatic carbocycles. The van der Waals surface area contributed by atoms with Gasteiger partial charge in [0.1, 0.15) is 0 Å². The molecule has 2 aliphatic rings. The molecule has 0 N–H and O–H groups in total. The maximum Gasteiger partial charge on any atom is 0.0754 e. The molecule has 1 spiro atoms. The summed E-state index contributed by atoms with van der Waals surface area (Å²) < 4.78 is 2.52. The highest BCUT2D eigenvalue weighted by atomic mass is 15.0. The Hall–Kier alpha value is -5.73. The fourth-order valence-corrected chi connectivity index (χ4v) is 8.14. The fourth-order valence-electron chi connectivity index (χ4n) is 8.14. The number of hydrogen-bond donors (Lipinski definition) is 0. The monoisotopic (exact) mass is 558 g/mol. The van der Waals surface area contributed by atoms with Gasteiger partial charge in [-0.1, -0.05) is 121 Å². The Morgan fingerprint density at radius 2 is 1.11 bits per heavy atom. The Morgan fingerprint density at radius 3 is 1.93 bits per heavy atom. The van der Waals surface area contributed by atoms with E-state index in [1.807, 2.05) is 18.3 Å². The van der Waals surface area contributed by atoms with Gasteiger partial charge < -0.3 is 4.57 Å². The molecule has 8 aromatic rings. The molecule has 1 aliphatic carbocycles. The molecule has 0 atom stereocenters. The maximum atomic E-state index is 4.62. The zero-order valence-corrected chi connectivity index (χ0v) is 23.9. The molecule has 0 fully saturated rings. The number of nitrogens with zero attached hydrogens (tertiary/aromatic N) is 2. The molecule has 1 aliphatic heterocycles. The van der Waals surface area contributed by atoms with Crippen LogP contribution in [-0.2, 0) is 5.41 Å². The molecule has 0 radical (unpaired) electrons. The lowest BCUT2D eigenvalue weighted by molar-refractivity contribution is 0.748. The summed E-state index contributed by atoms with van der Waals surface area (Å²) in [4.78, 5) is 4.62. The molecule has 0 unspecified atom stereocenters. The zero-order valence-electron chi connectivity index (χ0n) is 23.9. The highest BCUT2D eigenvalue weighted by Gasteiger charge is 2.50. The first-order valence-corrected chi connectivity index (χ1v) is 15.2. The zero-order chi connectivity index (χ0) is 28.8. The minimum absolute atomic E-state index is 0.416. The van der Waals surface area contributed by atoms with Gasteiger partial charge in [0, 0.05) is 22.5 Å². The van der Waals surface area contributed by atoms with E-state index in [-0.39, 0.29) is 0 Å². The second-order valence-corrected chi connectivity index (χ2v) is 11.9. The molecule has 2 nitrogen and oxygen atoms in total. The van der Waals surface area contributed by atoms with Crippen LogP contribution in [0.3, 0.4) is 0 Å². The summed E-state index contributed by atoms with van der Waals surface area (Å²) in [6.45, 7) is 0. The van der Waals surface area contributed by atoms with Crippen LogP contribution in [0.4, 0.5) is 0 Å². The van der Waals surface area contributed by atoms with E-state index in [0.717, 1.165) is 11.3 Å². The SMILES string of the molecule is c1ccc(-c2cccc(-c3ccc4c(c3)-n3c5ccccc5c5cccc(c53)C43c4ccccc4-c4ccccc43)c2)nc1. The number of pyridine rings is 1. The van der Waals surface area contributed by atoms with E-state index in [1.54, 1.807) is 0 Å². The second-order valence-electron chi connectivity index (χ2n) is 11.9. The number of fused-ring (bicyclic) bond motifs is 12. The van der Waals surface area contributed by atoms with Crippen molar-refractivity contribution in [2.45, 2.75) is 5.41 Å². The normalized spacial score (nSPS) is 13.6. The lowest BCUT2D eigenvalue weighted by Crippen LogP contribution is -2.33. The van der Waals surface area contributed by atoms with Crippen molar-refractivity contribution in [2.75, 3.05) is 0 Å². The van der Waals surface area contributed by atoms with Gasteiger partial charge in [0.05, 0.1) is 27.8 Å². The number of rotatable bonds is 2. The molecule has 0 saturated heterocycles. The number of benzene rings is 6. The van der Waals surface area contributed by atoms with Crippen LogP contribution in [0.15, 0.2) is 158 Å². The van der Waals surface area contributed by atoms with Crippen molar-refractivity contribution in [3.8, 4) is 39.2 Å². The third kappa shape index (κ3) is 2.92. The lowest BCUT2D eigenvalue weighted by atomic mass is 9.65. The van der Waals surface area contributed by atoms with Gasteiger partial charge in [0.25, 0.3) is 0 Å². The van der Waals surface area contributed by atoms with Crippen molar-refractivity contribution in [2.24, 2.45) is 0 Å². The topological polar surface area (TPSA) is 17.8 Å².